The van der Waals surface area contributed by atoms with Gasteiger partial charge in [-0.3, -0.25) is 4.79 Å². The predicted octanol–water partition coefficient (Wildman–Crippen LogP) is 0.141. The summed E-state index contributed by atoms with van der Waals surface area (Å²) in [6, 6.07) is 7.12. The Hall–Kier alpha value is -1.85. The summed E-state index contributed by atoms with van der Waals surface area (Å²) in [6.45, 7) is 1.02. The van der Waals surface area contributed by atoms with Crippen LogP contribution in [0.2, 0.25) is 0 Å². The molecule has 0 bridgehead atoms. The molecule has 0 saturated carbocycles. The molecule has 1 rings (SSSR count). The largest absolute Gasteiger partial charge is 0.399 e. The molecule has 0 aliphatic carbocycles. The van der Waals surface area contributed by atoms with Crippen molar-refractivity contribution < 1.29 is 15.0 Å². The van der Waals surface area contributed by atoms with Gasteiger partial charge in [-0.05, 0) is 30.7 Å². The van der Waals surface area contributed by atoms with Crippen LogP contribution in [0, 0.1) is 0 Å². The minimum absolute atomic E-state index is 0.0103. The van der Waals surface area contributed by atoms with Gasteiger partial charge in [-0.2, -0.15) is 0 Å². The molecule has 0 fully saturated rings. The van der Waals surface area contributed by atoms with Gasteiger partial charge in [-0.15, -0.1) is 0 Å². The first-order valence-electron chi connectivity index (χ1n) is 5.58. The number of hydrogen-bond donors (Lipinski definition) is 4. The second-order valence-corrected chi connectivity index (χ2v) is 4.38. The summed E-state index contributed by atoms with van der Waals surface area (Å²) >= 11 is 0. The molecule has 1 aromatic carbocycles. The monoisotopic (exact) mass is 250 g/mol. The number of nitrogens with two attached hydrogens (primary N) is 1. The van der Waals surface area contributed by atoms with E-state index in [0.717, 1.165) is 5.56 Å². The Labute approximate surface area is 106 Å². The number of aliphatic hydroxyl groups excluding tert-OH is 1. The molecule has 5 N–H and O–H groups in total. The van der Waals surface area contributed by atoms with E-state index in [4.69, 9.17) is 10.8 Å². The Bertz CT molecular complexity index is 442. The first-order valence-corrected chi connectivity index (χ1v) is 5.58. The van der Waals surface area contributed by atoms with Crippen LogP contribution >= 0.6 is 0 Å². The van der Waals surface area contributed by atoms with Crippen molar-refractivity contribution in [2.24, 2.45) is 0 Å². The van der Waals surface area contributed by atoms with Crippen LogP contribution in [0.3, 0.4) is 0 Å². The average molecular weight is 250 g/mol. The molecule has 1 amide bonds. The van der Waals surface area contributed by atoms with Crippen LogP contribution in [-0.4, -0.2) is 34.9 Å². The fourth-order valence-electron chi connectivity index (χ4n) is 1.23. The lowest BCUT2D eigenvalue weighted by molar-refractivity contribution is -0.117. The maximum Gasteiger partial charge on any atom is 0.244 e. The zero-order chi connectivity index (χ0) is 13.6. The second kappa shape index (κ2) is 6.18. The number of carbonyl (C=O) groups is 1. The molecule has 0 spiro atoms. The second-order valence-electron chi connectivity index (χ2n) is 4.38. The van der Waals surface area contributed by atoms with Gasteiger partial charge in [-0.1, -0.05) is 12.1 Å². The fraction of sp³-hybridized carbons (Fsp3) is 0.308. The van der Waals surface area contributed by atoms with E-state index in [1.54, 1.807) is 24.3 Å². The SMILES string of the molecule is CC(O)(CO)CNC(=O)/C=C/c1cccc(N)c1. The van der Waals surface area contributed by atoms with Gasteiger partial charge in [0.2, 0.25) is 5.91 Å². The zero-order valence-electron chi connectivity index (χ0n) is 10.3. The van der Waals surface area contributed by atoms with Crippen LogP contribution in [0.25, 0.3) is 6.08 Å². The van der Waals surface area contributed by atoms with Gasteiger partial charge in [0.1, 0.15) is 5.60 Å². The average Bonchev–Trinajstić information content (AvgIpc) is 2.34. The summed E-state index contributed by atoms with van der Waals surface area (Å²) in [5, 5.41) is 20.8. The number of rotatable bonds is 5. The Balaban J connectivity index is 2.50. The molecule has 0 radical (unpaired) electrons. The van der Waals surface area contributed by atoms with Crippen LogP contribution in [0.5, 0.6) is 0 Å². The molecule has 98 valence electrons. The number of hydrogen-bond acceptors (Lipinski definition) is 4. The van der Waals surface area contributed by atoms with Crippen LogP contribution in [-0.2, 0) is 4.79 Å². The molecule has 0 aliphatic rings. The highest BCUT2D eigenvalue weighted by Crippen LogP contribution is 2.07. The van der Waals surface area contributed by atoms with Crippen LogP contribution in [0.15, 0.2) is 30.3 Å². The third-order valence-electron chi connectivity index (χ3n) is 2.32. The molecular formula is C13H18N2O3. The summed E-state index contributed by atoms with van der Waals surface area (Å²) < 4.78 is 0. The van der Waals surface area contributed by atoms with Gasteiger partial charge in [0.25, 0.3) is 0 Å². The maximum absolute atomic E-state index is 11.4. The van der Waals surface area contributed by atoms with E-state index in [0.29, 0.717) is 5.69 Å². The predicted molar refractivity (Wildman–Crippen MR) is 70.6 cm³/mol. The van der Waals surface area contributed by atoms with Gasteiger partial charge >= 0.3 is 0 Å². The smallest absolute Gasteiger partial charge is 0.244 e. The van der Waals surface area contributed by atoms with Crippen molar-refractivity contribution in [2.45, 2.75) is 12.5 Å². The lowest BCUT2D eigenvalue weighted by Gasteiger charge is -2.19. The van der Waals surface area contributed by atoms with E-state index < -0.39 is 12.2 Å². The van der Waals surface area contributed by atoms with E-state index in [2.05, 4.69) is 5.32 Å². The molecule has 0 aliphatic heterocycles. The van der Waals surface area contributed by atoms with Crippen molar-refractivity contribution in [3.8, 4) is 0 Å². The van der Waals surface area contributed by atoms with E-state index in [1.807, 2.05) is 6.07 Å². The highest BCUT2D eigenvalue weighted by atomic mass is 16.3. The van der Waals surface area contributed by atoms with Gasteiger partial charge in [0, 0.05) is 18.3 Å². The lowest BCUT2D eigenvalue weighted by Crippen LogP contribution is -2.42. The fourth-order valence-corrected chi connectivity index (χ4v) is 1.23. The summed E-state index contributed by atoms with van der Waals surface area (Å²) in [4.78, 5) is 11.4. The number of benzene rings is 1. The highest BCUT2D eigenvalue weighted by Gasteiger charge is 2.18. The Morgan fingerprint density at radius 3 is 2.89 bits per heavy atom. The zero-order valence-corrected chi connectivity index (χ0v) is 10.3. The lowest BCUT2D eigenvalue weighted by atomic mass is 10.1. The summed E-state index contributed by atoms with van der Waals surface area (Å²) in [6.07, 6.45) is 2.97. The number of carbonyl (C=O) groups excluding carboxylic acids is 1. The molecule has 0 heterocycles. The topological polar surface area (TPSA) is 95.6 Å². The highest BCUT2D eigenvalue weighted by molar-refractivity contribution is 5.91. The van der Waals surface area contributed by atoms with E-state index in [9.17, 15) is 9.90 Å². The van der Waals surface area contributed by atoms with Crippen LogP contribution in [0.4, 0.5) is 5.69 Å². The van der Waals surface area contributed by atoms with Gasteiger partial charge < -0.3 is 21.3 Å². The Morgan fingerprint density at radius 1 is 1.56 bits per heavy atom. The van der Waals surface area contributed by atoms with Crippen molar-refractivity contribution in [3.05, 3.63) is 35.9 Å². The van der Waals surface area contributed by atoms with E-state index in [-0.39, 0.29) is 12.5 Å². The number of nitrogens with one attached hydrogen (secondary N) is 1. The molecule has 1 aromatic rings. The van der Waals surface area contributed by atoms with E-state index in [1.165, 1.54) is 13.0 Å². The number of anilines is 1. The molecule has 5 heteroatoms. The molecule has 0 aromatic heterocycles. The normalized spacial score (nSPS) is 14.4. The molecule has 1 atom stereocenters. The molecule has 0 saturated heterocycles. The number of aliphatic hydroxyl groups is 2. The van der Waals surface area contributed by atoms with Crippen molar-refractivity contribution in [3.63, 3.8) is 0 Å². The Kier molecular flexibility index (Phi) is 4.88. The van der Waals surface area contributed by atoms with E-state index >= 15 is 0 Å². The Morgan fingerprint density at radius 2 is 2.28 bits per heavy atom. The minimum atomic E-state index is -1.30. The first-order chi connectivity index (χ1) is 8.43. The number of amides is 1. The summed E-state index contributed by atoms with van der Waals surface area (Å²) in [5.74, 6) is -0.342. The van der Waals surface area contributed by atoms with Gasteiger partial charge in [0.05, 0.1) is 6.61 Å². The molecule has 18 heavy (non-hydrogen) atoms. The van der Waals surface area contributed by atoms with Crippen LogP contribution < -0.4 is 11.1 Å². The van der Waals surface area contributed by atoms with Gasteiger partial charge in [0.15, 0.2) is 0 Å². The minimum Gasteiger partial charge on any atom is -0.399 e. The summed E-state index contributed by atoms with van der Waals surface area (Å²) in [5.41, 5.74) is 5.74. The molecule has 5 nitrogen and oxygen atoms in total. The quantitative estimate of drug-likeness (QED) is 0.441. The standard InChI is InChI=1S/C13H18N2O3/c1-13(18,9-16)8-15-12(17)6-5-10-3-2-4-11(14)7-10/h2-7,16,18H,8-9,14H2,1H3,(H,15,17)/b6-5+. The van der Waals surface area contributed by atoms with Crippen LogP contribution in [0.1, 0.15) is 12.5 Å². The molecular weight excluding hydrogens is 232 g/mol. The van der Waals surface area contributed by atoms with Gasteiger partial charge in [-0.25, -0.2) is 0 Å². The third kappa shape index (κ3) is 4.99. The van der Waals surface area contributed by atoms with Crippen molar-refractivity contribution >= 4 is 17.7 Å². The number of nitrogen functional groups attached to an aromatic ring is 1. The van der Waals surface area contributed by atoms with Crippen molar-refractivity contribution in [2.75, 3.05) is 18.9 Å². The summed E-state index contributed by atoms with van der Waals surface area (Å²) in [7, 11) is 0. The maximum atomic E-state index is 11.4. The third-order valence-corrected chi connectivity index (χ3v) is 2.32. The van der Waals surface area contributed by atoms with Crippen molar-refractivity contribution in [1.82, 2.24) is 5.32 Å². The molecule has 1 unspecified atom stereocenters. The van der Waals surface area contributed by atoms with Crippen molar-refractivity contribution in [1.29, 1.82) is 0 Å². The first kappa shape index (κ1) is 14.2.